The summed E-state index contributed by atoms with van der Waals surface area (Å²) in [6.07, 6.45) is 0.836. The highest BCUT2D eigenvalue weighted by Crippen LogP contribution is 2.17. The second-order valence-corrected chi connectivity index (χ2v) is 3.18. The van der Waals surface area contributed by atoms with Gasteiger partial charge in [0.2, 0.25) is 0 Å². The molecule has 70 valence electrons. The molecule has 2 aromatic rings. The maximum atomic E-state index is 10.6. The van der Waals surface area contributed by atoms with Crippen molar-refractivity contribution in [3.05, 3.63) is 41.6 Å². The number of carbonyl (C=O) groups excluding carboxylic acids is 1. The van der Waals surface area contributed by atoms with Gasteiger partial charge in [0.05, 0.1) is 5.69 Å². The molecule has 0 radical (unpaired) electrons. The van der Waals surface area contributed by atoms with E-state index in [0.29, 0.717) is 5.56 Å². The minimum Gasteiger partial charge on any atom is -0.298 e. The zero-order valence-electron chi connectivity index (χ0n) is 7.82. The molecule has 0 spiro atoms. The predicted octanol–water partition coefficient (Wildman–Crippen LogP) is 2.20. The van der Waals surface area contributed by atoms with Crippen LogP contribution in [0.2, 0.25) is 0 Å². The van der Waals surface area contributed by atoms with Crippen molar-refractivity contribution in [3.63, 3.8) is 0 Å². The third-order valence-corrected chi connectivity index (χ3v) is 2.02. The number of aryl methyl sites for hydroxylation is 1. The Bertz CT molecular complexity index is 460. The molecular weight excluding hydrogens is 176 g/mol. The highest BCUT2D eigenvalue weighted by atomic mass is 16.1. The Morgan fingerprint density at radius 3 is 2.86 bits per heavy atom. The van der Waals surface area contributed by atoms with Gasteiger partial charge in [-0.25, -0.2) is 0 Å². The van der Waals surface area contributed by atoms with Gasteiger partial charge in [0.25, 0.3) is 0 Å². The minimum atomic E-state index is 0.670. The minimum absolute atomic E-state index is 0.670. The summed E-state index contributed by atoms with van der Waals surface area (Å²) in [5.74, 6) is 0. The van der Waals surface area contributed by atoms with Crippen LogP contribution >= 0.6 is 0 Å². The molecule has 0 unspecified atom stereocenters. The molecule has 0 atom stereocenters. The summed E-state index contributed by atoms with van der Waals surface area (Å²) in [4.78, 5) is 10.6. The Balaban J connectivity index is 2.46. The summed E-state index contributed by atoms with van der Waals surface area (Å²) in [7, 11) is 0. The number of H-pyrrole nitrogens is 1. The van der Waals surface area contributed by atoms with Gasteiger partial charge in [0, 0.05) is 16.8 Å². The van der Waals surface area contributed by atoms with Crippen molar-refractivity contribution < 1.29 is 4.79 Å². The normalized spacial score (nSPS) is 10.1. The number of benzene rings is 1. The zero-order valence-corrected chi connectivity index (χ0v) is 7.82. The molecule has 1 aromatic carbocycles. The van der Waals surface area contributed by atoms with E-state index < -0.39 is 0 Å². The Hall–Kier alpha value is -1.90. The first-order valence-electron chi connectivity index (χ1n) is 4.37. The van der Waals surface area contributed by atoms with Crippen LogP contribution in [0.4, 0.5) is 0 Å². The van der Waals surface area contributed by atoms with E-state index in [1.165, 1.54) is 0 Å². The van der Waals surface area contributed by atoms with E-state index in [9.17, 15) is 4.79 Å². The molecule has 3 nitrogen and oxygen atoms in total. The van der Waals surface area contributed by atoms with Crippen molar-refractivity contribution in [3.8, 4) is 11.3 Å². The number of rotatable bonds is 2. The molecule has 14 heavy (non-hydrogen) atoms. The van der Waals surface area contributed by atoms with Crippen LogP contribution in [-0.2, 0) is 0 Å². The number of aromatic nitrogens is 2. The predicted molar refractivity (Wildman–Crippen MR) is 54.1 cm³/mol. The van der Waals surface area contributed by atoms with Crippen molar-refractivity contribution in [1.29, 1.82) is 0 Å². The van der Waals surface area contributed by atoms with E-state index in [1.807, 2.05) is 31.2 Å². The highest BCUT2D eigenvalue weighted by Gasteiger charge is 2.01. The number of carbonyl (C=O) groups is 1. The summed E-state index contributed by atoms with van der Waals surface area (Å²) in [6.45, 7) is 1.94. The molecule has 0 aliphatic rings. The van der Waals surface area contributed by atoms with Crippen molar-refractivity contribution in [2.45, 2.75) is 6.92 Å². The van der Waals surface area contributed by atoms with Crippen molar-refractivity contribution in [1.82, 2.24) is 10.2 Å². The van der Waals surface area contributed by atoms with Gasteiger partial charge in [-0.15, -0.1) is 0 Å². The van der Waals surface area contributed by atoms with E-state index in [-0.39, 0.29) is 0 Å². The summed E-state index contributed by atoms with van der Waals surface area (Å²) in [5.41, 5.74) is 3.50. The van der Waals surface area contributed by atoms with E-state index in [1.54, 1.807) is 6.07 Å². The monoisotopic (exact) mass is 186 g/mol. The second-order valence-electron chi connectivity index (χ2n) is 3.18. The molecule has 3 heteroatoms. The molecule has 0 aliphatic carbocycles. The van der Waals surface area contributed by atoms with Gasteiger partial charge in [0.1, 0.15) is 6.29 Å². The lowest BCUT2D eigenvalue weighted by Gasteiger charge is -1.96. The van der Waals surface area contributed by atoms with Crippen molar-refractivity contribution in [2.24, 2.45) is 0 Å². The summed E-state index contributed by atoms with van der Waals surface area (Å²) < 4.78 is 0. The standard InChI is InChI=1S/C11H10N2O/c1-8-5-11(13-12-8)10-4-2-3-9(6-10)7-14/h2-7H,1H3,(H,12,13). The smallest absolute Gasteiger partial charge is 0.150 e. The summed E-state index contributed by atoms with van der Waals surface area (Å²) >= 11 is 0. The second kappa shape index (κ2) is 3.46. The molecular formula is C11H10N2O. The van der Waals surface area contributed by atoms with Gasteiger partial charge >= 0.3 is 0 Å². The lowest BCUT2D eigenvalue weighted by atomic mass is 10.1. The van der Waals surface area contributed by atoms with Gasteiger partial charge in [0.15, 0.2) is 0 Å². The van der Waals surface area contributed by atoms with Crippen LogP contribution in [-0.4, -0.2) is 16.5 Å². The Morgan fingerprint density at radius 1 is 1.36 bits per heavy atom. The van der Waals surface area contributed by atoms with Crippen molar-refractivity contribution >= 4 is 6.29 Å². The first-order valence-corrected chi connectivity index (χ1v) is 4.37. The highest BCUT2D eigenvalue weighted by molar-refractivity contribution is 5.78. The van der Waals surface area contributed by atoms with Crippen LogP contribution in [0.3, 0.4) is 0 Å². The Kier molecular flexibility index (Phi) is 2.14. The molecule has 0 bridgehead atoms. The van der Waals surface area contributed by atoms with Crippen LogP contribution in [0.15, 0.2) is 30.3 Å². The number of hydrogen-bond donors (Lipinski definition) is 1. The number of aromatic amines is 1. The number of aldehydes is 1. The van der Waals surface area contributed by atoms with Gasteiger partial charge in [-0.1, -0.05) is 18.2 Å². The van der Waals surface area contributed by atoms with Gasteiger partial charge < -0.3 is 0 Å². The molecule has 1 aromatic heterocycles. The molecule has 0 amide bonds. The van der Waals surface area contributed by atoms with E-state index in [0.717, 1.165) is 23.2 Å². The molecule has 0 saturated heterocycles. The number of hydrogen-bond acceptors (Lipinski definition) is 2. The number of nitrogens with zero attached hydrogens (tertiary/aromatic N) is 1. The molecule has 1 heterocycles. The molecule has 0 fully saturated rings. The van der Waals surface area contributed by atoms with E-state index in [4.69, 9.17) is 0 Å². The summed E-state index contributed by atoms with van der Waals surface area (Å²) in [5, 5.41) is 6.99. The molecule has 1 N–H and O–H groups in total. The van der Waals surface area contributed by atoms with Gasteiger partial charge in [-0.3, -0.25) is 9.89 Å². The fraction of sp³-hybridized carbons (Fsp3) is 0.0909. The van der Waals surface area contributed by atoms with Crippen LogP contribution in [0.5, 0.6) is 0 Å². The van der Waals surface area contributed by atoms with Crippen LogP contribution in [0, 0.1) is 6.92 Å². The first-order chi connectivity index (χ1) is 6.79. The third-order valence-electron chi connectivity index (χ3n) is 2.02. The lowest BCUT2D eigenvalue weighted by Crippen LogP contribution is -1.82. The van der Waals surface area contributed by atoms with Crippen LogP contribution in [0.1, 0.15) is 16.1 Å². The molecule has 2 rings (SSSR count). The van der Waals surface area contributed by atoms with E-state index >= 15 is 0 Å². The topological polar surface area (TPSA) is 45.8 Å². The molecule has 0 aliphatic heterocycles. The molecule has 0 saturated carbocycles. The SMILES string of the molecule is Cc1cc(-c2cccc(C=O)c2)n[nH]1. The van der Waals surface area contributed by atoms with Gasteiger partial charge in [-0.2, -0.15) is 5.10 Å². The van der Waals surface area contributed by atoms with Crippen LogP contribution < -0.4 is 0 Å². The largest absolute Gasteiger partial charge is 0.298 e. The first kappa shape index (κ1) is 8.69. The zero-order chi connectivity index (χ0) is 9.97. The maximum Gasteiger partial charge on any atom is 0.150 e. The summed E-state index contributed by atoms with van der Waals surface area (Å²) in [6, 6.07) is 9.33. The Morgan fingerprint density at radius 2 is 2.21 bits per heavy atom. The number of nitrogens with one attached hydrogen (secondary N) is 1. The average molecular weight is 186 g/mol. The quantitative estimate of drug-likeness (QED) is 0.731. The van der Waals surface area contributed by atoms with Crippen molar-refractivity contribution in [2.75, 3.05) is 0 Å². The average Bonchev–Trinajstić information content (AvgIpc) is 2.65. The third kappa shape index (κ3) is 1.57. The maximum absolute atomic E-state index is 10.6. The lowest BCUT2D eigenvalue weighted by molar-refractivity contribution is 0.112. The van der Waals surface area contributed by atoms with Crippen LogP contribution in [0.25, 0.3) is 11.3 Å². The van der Waals surface area contributed by atoms with E-state index in [2.05, 4.69) is 10.2 Å². The Labute approximate surface area is 81.8 Å². The fourth-order valence-electron chi connectivity index (χ4n) is 1.34. The van der Waals surface area contributed by atoms with Gasteiger partial charge in [-0.05, 0) is 19.1 Å². The fourth-order valence-corrected chi connectivity index (χ4v) is 1.34.